The minimum absolute atomic E-state index is 0.139. The van der Waals surface area contributed by atoms with Crippen LogP contribution in [0.25, 0.3) is 4.98 Å². The molecule has 0 aliphatic carbocycles. The molecule has 0 aromatic carbocycles. The van der Waals surface area contributed by atoms with E-state index in [1.165, 1.54) is 7.05 Å². The van der Waals surface area contributed by atoms with Crippen molar-refractivity contribution in [2.45, 2.75) is 0 Å². The molecule has 0 bridgehead atoms. The summed E-state index contributed by atoms with van der Waals surface area (Å²) < 4.78 is 5.06. The number of hydrogen-bond acceptors (Lipinski definition) is 4. The summed E-state index contributed by atoms with van der Waals surface area (Å²) in [5.41, 5.74) is 0. The van der Waals surface area contributed by atoms with E-state index in [0.29, 0.717) is 0 Å². The zero-order valence-corrected chi connectivity index (χ0v) is 4.61. The van der Waals surface area contributed by atoms with E-state index in [1.807, 2.05) is 0 Å². The summed E-state index contributed by atoms with van der Waals surface area (Å²) >= 11 is 0. The van der Waals surface area contributed by atoms with Crippen molar-refractivity contribution in [2.75, 3.05) is 0 Å². The van der Waals surface area contributed by atoms with Crippen LogP contribution in [0.4, 0.5) is 5.95 Å². The summed E-state index contributed by atoms with van der Waals surface area (Å²) in [4.78, 5) is 13.0. The van der Waals surface area contributed by atoms with E-state index in [1.54, 1.807) is 0 Å². The maximum atomic E-state index is 10.4. The van der Waals surface area contributed by atoms with E-state index in [-0.39, 0.29) is 5.95 Å². The minimum atomic E-state index is -0.650. The molecule has 0 aliphatic rings. The second-order valence-corrected chi connectivity index (χ2v) is 1.41. The standard InChI is InChI=1S/C3H3N4O2/c1-7-2(5-4)6-9-3(7)8/h1H3/q+1. The molecular weight excluding hydrogens is 124 g/mol. The lowest BCUT2D eigenvalue weighted by atomic mass is 11.0. The van der Waals surface area contributed by atoms with Gasteiger partial charge in [0.15, 0.2) is 5.16 Å². The molecule has 0 fully saturated rings. The predicted molar refractivity (Wildman–Crippen MR) is 26.5 cm³/mol. The average Bonchev–Trinajstić information content (AvgIpc) is 2.15. The minimum Gasteiger partial charge on any atom is -0.205 e. The molecule has 1 heterocycles. The summed E-state index contributed by atoms with van der Waals surface area (Å²) in [5, 5.41) is 11.2. The summed E-state index contributed by atoms with van der Waals surface area (Å²) in [6.07, 6.45) is 0. The van der Waals surface area contributed by atoms with Crippen LogP contribution >= 0.6 is 0 Å². The van der Waals surface area contributed by atoms with Crippen molar-refractivity contribution in [1.82, 2.24) is 9.72 Å². The zero-order valence-electron chi connectivity index (χ0n) is 4.61. The topological polar surface area (TPSA) is 76.2 Å². The number of diazo groups is 1. The maximum absolute atomic E-state index is 10.4. The Hall–Kier alpha value is -1.64. The van der Waals surface area contributed by atoms with Crippen LogP contribution < -0.4 is 5.76 Å². The Kier molecular flexibility index (Phi) is 1.04. The molecule has 0 unspecified atom stereocenters. The van der Waals surface area contributed by atoms with Gasteiger partial charge < -0.3 is 0 Å². The van der Waals surface area contributed by atoms with Gasteiger partial charge in [-0.3, -0.25) is 0 Å². The van der Waals surface area contributed by atoms with Gasteiger partial charge in [0, 0.05) is 0 Å². The van der Waals surface area contributed by atoms with E-state index in [0.717, 1.165) is 4.57 Å². The molecule has 9 heavy (non-hydrogen) atoms. The molecule has 0 radical (unpaired) electrons. The largest absolute Gasteiger partial charge is 0.570 e. The second kappa shape index (κ2) is 1.70. The summed E-state index contributed by atoms with van der Waals surface area (Å²) in [5.74, 6) is -0.789. The molecule has 1 rings (SSSR count). The quantitative estimate of drug-likeness (QED) is 0.454. The number of hydrogen-bond donors (Lipinski definition) is 0. The van der Waals surface area contributed by atoms with Crippen LogP contribution in [0.1, 0.15) is 0 Å². The highest BCUT2D eigenvalue weighted by molar-refractivity contribution is 5.20. The van der Waals surface area contributed by atoms with Crippen molar-refractivity contribution in [3.8, 4) is 0 Å². The lowest BCUT2D eigenvalue weighted by Gasteiger charge is -1.66. The fraction of sp³-hybridized carbons (Fsp3) is 0.333. The Bertz CT molecular complexity index is 302. The molecule has 1 aromatic rings. The van der Waals surface area contributed by atoms with Gasteiger partial charge in [-0.2, -0.15) is 0 Å². The van der Waals surface area contributed by atoms with Crippen LogP contribution in [0.5, 0.6) is 0 Å². The smallest absolute Gasteiger partial charge is 0.205 e. The third kappa shape index (κ3) is 0.677. The van der Waals surface area contributed by atoms with Gasteiger partial charge in [0.05, 0.1) is 12.4 Å². The Morgan fingerprint density at radius 3 is 2.78 bits per heavy atom. The molecule has 6 heteroatoms. The fourth-order valence-corrected chi connectivity index (χ4v) is 0.369. The van der Waals surface area contributed by atoms with Gasteiger partial charge in [-0.25, -0.2) is 9.32 Å². The van der Waals surface area contributed by atoms with Gasteiger partial charge in [-0.1, -0.05) is 0 Å². The molecule has 0 N–H and O–H groups in total. The lowest BCUT2D eigenvalue weighted by Crippen LogP contribution is -2.07. The molecule has 46 valence electrons. The van der Waals surface area contributed by atoms with Crippen molar-refractivity contribution >= 4 is 5.95 Å². The molecule has 0 amide bonds. The first-order valence-corrected chi connectivity index (χ1v) is 2.13. The summed E-state index contributed by atoms with van der Waals surface area (Å²) in [6, 6.07) is 0. The Labute approximate surface area is 49.3 Å². The highest BCUT2D eigenvalue weighted by Crippen LogP contribution is 1.98. The van der Waals surface area contributed by atoms with Gasteiger partial charge in [0.25, 0.3) is 0 Å². The van der Waals surface area contributed by atoms with Crippen LogP contribution in [0.15, 0.2) is 9.32 Å². The van der Waals surface area contributed by atoms with Crippen molar-refractivity contribution in [2.24, 2.45) is 7.05 Å². The van der Waals surface area contributed by atoms with E-state index in [4.69, 9.17) is 5.39 Å². The summed E-state index contributed by atoms with van der Waals surface area (Å²) in [6.45, 7) is 0. The Morgan fingerprint density at radius 2 is 2.56 bits per heavy atom. The van der Waals surface area contributed by atoms with Gasteiger partial charge in [0.1, 0.15) is 0 Å². The molecule has 0 saturated carbocycles. The van der Waals surface area contributed by atoms with Gasteiger partial charge in [0.2, 0.25) is 0 Å². The second-order valence-electron chi connectivity index (χ2n) is 1.41. The Balaban J connectivity index is 3.41. The first-order chi connectivity index (χ1) is 4.25. The third-order valence-electron chi connectivity index (χ3n) is 0.869. The van der Waals surface area contributed by atoms with Gasteiger partial charge in [-0.05, 0) is 4.98 Å². The summed E-state index contributed by atoms with van der Waals surface area (Å²) in [7, 11) is 1.38. The van der Waals surface area contributed by atoms with Gasteiger partial charge in [-0.15, -0.1) is 4.57 Å². The van der Waals surface area contributed by atoms with Crippen LogP contribution in [-0.4, -0.2) is 9.72 Å². The maximum Gasteiger partial charge on any atom is 0.570 e. The number of aromatic nitrogens is 2. The SMILES string of the molecule is Cn1c([N+]#N)noc1=O. The first kappa shape index (κ1) is 5.50. The van der Waals surface area contributed by atoms with E-state index in [2.05, 4.69) is 14.7 Å². The molecule has 0 atom stereocenters. The van der Waals surface area contributed by atoms with Crippen molar-refractivity contribution in [1.29, 1.82) is 5.39 Å². The van der Waals surface area contributed by atoms with E-state index in [9.17, 15) is 4.79 Å². The number of rotatable bonds is 0. The van der Waals surface area contributed by atoms with Crippen molar-refractivity contribution < 1.29 is 4.52 Å². The highest BCUT2D eigenvalue weighted by atomic mass is 16.5. The fourth-order valence-electron chi connectivity index (χ4n) is 0.369. The molecule has 6 nitrogen and oxygen atoms in total. The monoisotopic (exact) mass is 127 g/mol. The third-order valence-corrected chi connectivity index (χ3v) is 0.869. The van der Waals surface area contributed by atoms with Crippen LogP contribution in [0.2, 0.25) is 0 Å². The molecule has 1 aromatic heterocycles. The van der Waals surface area contributed by atoms with Crippen molar-refractivity contribution in [3.63, 3.8) is 0 Å². The average molecular weight is 127 g/mol. The predicted octanol–water partition coefficient (Wildman–Crippen LogP) is -0.142. The van der Waals surface area contributed by atoms with E-state index < -0.39 is 5.76 Å². The molecular formula is C3H3N4O2+. The zero-order chi connectivity index (χ0) is 6.85. The molecule has 0 spiro atoms. The first-order valence-electron chi connectivity index (χ1n) is 2.13. The van der Waals surface area contributed by atoms with Crippen LogP contribution in [0.3, 0.4) is 0 Å². The molecule has 0 saturated heterocycles. The normalized spacial score (nSPS) is 8.89. The van der Waals surface area contributed by atoms with Crippen molar-refractivity contribution in [3.05, 3.63) is 15.5 Å². The van der Waals surface area contributed by atoms with E-state index >= 15 is 0 Å². The molecule has 0 aliphatic heterocycles. The van der Waals surface area contributed by atoms with Gasteiger partial charge >= 0.3 is 11.7 Å². The van der Waals surface area contributed by atoms with Crippen LogP contribution in [-0.2, 0) is 7.05 Å². The number of nitrogens with zero attached hydrogens (tertiary/aromatic N) is 4. The Morgan fingerprint density at radius 1 is 1.89 bits per heavy atom. The highest BCUT2D eigenvalue weighted by Gasteiger charge is 2.16. The lowest BCUT2D eigenvalue weighted by molar-refractivity contribution is 0.381. The van der Waals surface area contributed by atoms with Crippen LogP contribution in [0, 0.1) is 5.39 Å².